The van der Waals surface area contributed by atoms with Crippen LogP contribution in [-0.2, 0) is 6.54 Å². The number of aliphatic hydroxyl groups is 1. The van der Waals surface area contributed by atoms with Gasteiger partial charge in [-0.1, -0.05) is 6.92 Å². The molecule has 2 rings (SSSR count). The van der Waals surface area contributed by atoms with Crippen molar-refractivity contribution in [2.75, 3.05) is 6.61 Å². The van der Waals surface area contributed by atoms with Crippen molar-refractivity contribution in [3.8, 4) is 0 Å². The maximum absolute atomic E-state index is 11.7. The van der Waals surface area contributed by atoms with E-state index in [1.165, 1.54) is 5.56 Å². The second-order valence-corrected chi connectivity index (χ2v) is 5.31. The number of hydrogen-bond donors (Lipinski definition) is 2. The average molecular weight is 276 g/mol. The van der Waals surface area contributed by atoms with Crippen LogP contribution < -0.4 is 10.9 Å². The minimum Gasteiger partial charge on any atom is -0.423 e. The molecule has 0 unspecified atom stereocenters. The monoisotopic (exact) mass is 276 g/mol. The van der Waals surface area contributed by atoms with Crippen LogP contribution in [0.4, 0.5) is 0 Å². The highest BCUT2D eigenvalue weighted by Gasteiger charge is 2.12. The lowest BCUT2D eigenvalue weighted by Crippen LogP contribution is -2.89. The predicted octanol–water partition coefficient (Wildman–Crippen LogP) is 1.24. The molecule has 0 aliphatic carbocycles. The average Bonchev–Trinajstić information content (AvgIpc) is 2.42. The molecule has 0 amide bonds. The molecule has 0 radical (unpaired) electrons. The van der Waals surface area contributed by atoms with E-state index in [1.54, 1.807) is 6.07 Å². The van der Waals surface area contributed by atoms with Crippen molar-refractivity contribution in [2.45, 2.75) is 39.8 Å². The summed E-state index contributed by atoms with van der Waals surface area (Å²) in [6.07, 6.45) is 0.897. The number of rotatable bonds is 5. The largest absolute Gasteiger partial charge is 0.423 e. The standard InChI is InChI=1S/C16H21NO3/c1-4-13(9-18)17-8-12-7-16(19)20-15-6-11(3)10(2)5-14(12)15/h5-7,13,17-18H,4,8-9H2,1-3H3/p+1/t13-/m1/s1. The highest BCUT2D eigenvalue weighted by Crippen LogP contribution is 2.21. The van der Waals surface area contributed by atoms with Gasteiger partial charge in [-0.2, -0.15) is 0 Å². The van der Waals surface area contributed by atoms with Gasteiger partial charge in [0.15, 0.2) is 0 Å². The SMILES string of the molecule is CC[C@H](CO)[NH2+]Cc1cc(=O)oc2cc(C)c(C)cc12. The minimum atomic E-state index is -0.318. The van der Waals surface area contributed by atoms with E-state index in [-0.39, 0.29) is 18.3 Å². The summed E-state index contributed by atoms with van der Waals surface area (Å²) in [5, 5.41) is 12.3. The molecule has 0 spiro atoms. The first kappa shape index (κ1) is 14.8. The third kappa shape index (κ3) is 3.08. The fourth-order valence-electron chi connectivity index (χ4n) is 2.32. The Labute approximate surface area is 118 Å². The van der Waals surface area contributed by atoms with Crippen LogP contribution >= 0.6 is 0 Å². The summed E-state index contributed by atoms with van der Waals surface area (Å²) in [5.41, 5.74) is 3.58. The van der Waals surface area contributed by atoms with Crippen LogP contribution in [0.15, 0.2) is 27.4 Å². The Balaban J connectivity index is 2.41. The minimum absolute atomic E-state index is 0.147. The van der Waals surface area contributed by atoms with E-state index in [0.717, 1.165) is 22.9 Å². The zero-order valence-corrected chi connectivity index (χ0v) is 12.3. The molecule has 4 nitrogen and oxygen atoms in total. The predicted molar refractivity (Wildman–Crippen MR) is 78.8 cm³/mol. The first-order valence-corrected chi connectivity index (χ1v) is 7.03. The van der Waals surface area contributed by atoms with Crippen molar-refractivity contribution >= 4 is 11.0 Å². The van der Waals surface area contributed by atoms with Gasteiger partial charge in [0.25, 0.3) is 0 Å². The van der Waals surface area contributed by atoms with Gasteiger partial charge in [-0.05, 0) is 43.5 Å². The zero-order chi connectivity index (χ0) is 14.7. The van der Waals surface area contributed by atoms with Crippen LogP contribution in [0.1, 0.15) is 30.0 Å². The summed E-state index contributed by atoms with van der Waals surface area (Å²) in [4.78, 5) is 11.7. The smallest absolute Gasteiger partial charge is 0.336 e. The molecule has 2 aromatic rings. The Morgan fingerprint density at radius 1 is 1.25 bits per heavy atom. The van der Waals surface area contributed by atoms with E-state index in [1.807, 2.05) is 19.9 Å². The fraction of sp³-hybridized carbons (Fsp3) is 0.438. The molecule has 0 fully saturated rings. The number of aliphatic hydroxyl groups excluding tert-OH is 1. The van der Waals surface area contributed by atoms with Gasteiger partial charge >= 0.3 is 5.63 Å². The second-order valence-electron chi connectivity index (χ2n) is 5.31. The van der Waals surface area contributed by atoms with Crippen LogP contribution in [0.5, 0.6) is 0 Å². The Hall–Kier alpha value is -1.65. The first-order valence-electron chi connectivity index (χ1n) is 7.03. The number of aryl methyl sites for hydroxylation is 2. The molecule has 0 saturated heterocycles. The third-order valence-corrected chi connectivity index (χ3v) is 3.87. The van der Waals surface area contributed by atoms with Gasteiger partial charge in [0.2, 0.25) is 0 Å². The lowest BCUT2D eigenvalue weighted by molar-refractivity contribution is -0.706. The summed E-state index contributed by atoms with van der Waals surface area (Å²) < 4.78 is 5.28. The Kier molecular flexibility index (Phi) is 4.57. The van der Waals surface area contributed by atoms with Crippen LogP contribution in [0, 0.1) is 13.8 Å². The van der Waals surface area contributed by atoms with Crippen LogP contribution in [0.25, 0.3) is 11.0 Å². The first-order chi connectivity index (χ1) is 9.55. The number of hydrogen-bond acceptors (Lipinski definition) is 3. The molecule has 1 aromatic carbocycles. The van der Waals surface area contributed by atoms with Crippen LogP contribution in [0.2, 0.25) is 0 Å². The molecule has 0 saturated carbocycles. The number of quaternary nitrogens is 1. The van der Waals surface area contributed by atoms with Gasteiger partial charge in [0, 0.05) is 17.0 Å². The van der Waals surface area contributed by atoms with E-state index in [0.29, 0.717) is 12.1 Å². The molecule has 20 heavy (non-hydrogen) atoms. The van der Waals surface area contributed by atoms with Crippen molar-refractivity contribution in [2.24, 2.45) is 0 Å². The molecule has 0 bridgehead atoms. The molecular weight excluding hydrogens is 254 g/mol. The van der Waals surface area contributed by atoms with Crippen molar-refractivity contribution in [3.05, 3.63) is 45.3 Å². The van der Waals surface area contributed by atoms with E-state index in [2.05, 4.69) is 18.3 Å². The maximum Gasteiger partial charge on any atom is 0.336 e. The molecule has 1 heterocycles. The summed E-state index contributed by atoms with van der Waals surface area (Å²) in [6.45, 7) is 6.92. The molecular formula is C16H22NO3+. The van der Waals surface area contributed by atoms with Gasteiger partial charge in [-0.15, -0.1) is 0 Å². The van der Waals surface area contributed by atoms with Gasteiger partial charge < -0.3 is 14.8 Å². The van der Waals surface area contributed by atoms with Gasteiger partial charge in [-0.25, -0.2) is 4.79 Å². The molecule has 3 N–H and O–H groups in total. The van der Waals surface area contributed by atoms with E-state index in [4.69, 9.17) is 4.42 Å². The van der Waals surface area contributed by atoms with Crippen molar-refractivity contribution < 1.29 is 14.8 Å². The quantitative estimate of drug-likeness (QED) is 0.808. The molecule has 1 aromatic heterocycles. The fourth-order valence-corrected chi connectivity index (χ4v) is 2.32. The van der Waals surface area contributed by atoms with Gasteiger partial charge in [0.05, 0.1) is 6.61 Å². The van der Waals surface area contributed by atoms with Crippen LogP contribution in [0.3, 0.4) is 0 Å². The summed E-state index contributed by atoms with van der Waals surface area (Å²) in [7, 11) is 0. The van der Waals surface area contributed by atoms with E-state index in [9.17, 15) is 9.90 Å². The normalized spacial score (nSPS) is 12.8. The van der Waals surface area contributed by atoms with Gasteiger partial charge in [-0.3, -0.25) is 0 Å². The lowest BCUT2D eigenvalue weighted by atomic mass is 10.0. The number of benzene rings is 1. The van der Waals surface area contributed by atoms with Crippen molar-refractivity contribution in [3.63, 3.8) is 0 Å². The Bertz CT molecular complexity index is 657. The summed E-state index contributed by atoms with van der Waals surface area (Å²) in [5.74, 6) is 0. The second kappa shape index (κ2) is 6.20. The molecule has 4 heteroatoms. The summed E-state index contributed by atoms with van der Waals surface area (Å²) >= 11 is 0. The highest BCUT2D eigenvalue weighted by atomic mass is 16.4. The molecule has 108 valence electrons. The molecule has 0 aliphatic rings. The summed E-state index contributed by atoms with van der Waals surface area (Å²) in [6, 6.07) is 5.71. The van der Waals surface area contributed by atoms with Crippen molar-refractivity contribution in [1.29, 1.82) is 0 Å². The maximum atomic E-state index is 11.7. The zero-order valence-electron chi connectivity index (χ0n) is 12.3. The third-order valence-electron chi connectivity index (χ3n) is 3.87. The topological polar surface area (TPSA) is 67.1 Å². The van der Waals surface area contributed by atoms with Crippen LogP contribution in [-0.4, -0.2) is 17.8 Å². The number of nitrogens with two attached hydrogens (primary N) is 1. The molecule has 0 aliphatic heterocycles. The highest BCUT2D eigenvalue weighted by molar-refractivity contribution is 5.81. The molecule has 1 atom stereocenters. The van der Waals surface area contributed by atoms with E-state index >= 15 is 0 Å². The Morgan fingerprint density at radius 3 is 2.60 bits per heavy atom. The Morgan fingerprint density at radius 2 is 1.95 bits per heavy atom. The number of fused-ring (bicyclic) bond motifs is 1. The lowest BCUT2D eigenvalue weighted by Gasteiger charge is -2.12. The van der Waals surface area contributed by atoms with Gasteiger partial charge in [0.1, 0.15) is 18.2 Å². The van der Waals surface area contributed by atoms with E-state index < -0.39 is 0 Å². The van der Waals surface area contributed by atoms with Crippen molar-refractivity contribution in [1.82, 2.24) is 0 Å².